The normalized spacial score (nSPS) is 12.0. The number of carbonyl (C=O) groups is 1. The number of carbonyl (C=O) groups excluding carboxylic acids is 1. The number of hydrogen-bond acceptors (Lipinski definition) is 4. The quantitative estimate of drug-likeness (QED) is 0.546. The van der Waals surface area contributed by atoms with Gasteiger partial charge in [-0.15, -0.1) is 0 Å². The summed E-state index contributed by atoms with van der Waals surface area (Å²) in [7, 11) is 1.65. The molecule has 7 nitrogen and oxygen atoms in total. The lowest BCUT2D eigenvalue weighted by molar-refractivity contribution is 0.0256. The fraction of sp³-hybridized carbons (Fsp3) is 0.579. The van der Waals surface area contributed by atoms with Gasteiger partial charge < -0.3 is 25.4 Å². The molecule has 0 saturated carbocycles. The molecule has 7 heteroatoms. The predicted octanol–water partition coefficient (Wildman–Crippen LogP) is 3.21. The maximum atomic E-state index is 12.2. The Bertz CT molecular complexity index is 597. The third-order valence-electron chi connectivity index (χ3n) is 3.38. The van der Waals surface area contributed by atoms with Crippen molar-refractivity contribution in [3.05, 3.63) is 29.8 Å². The fourth-order valence-electron chi connectivity index (χ4n) is 2.28. The number of para-hydroxylation sites is 1. The molecular formula is C19H32N4O3. The zero-order valence-electron chi connectivity index (χ0n) is 16.5. The van der Waals surface area contributed by atoms with E-state index >= 15 is 0 Å². The molecule has 0 bridgehead atoms. The fourth-order valence-corrected chi connectivity index (χ4v) is 2.28. The van der Waals surface area contributed by atoms with Crippen LogP contribution < -0.4 is 11.1 Å². The van der Waals surface area contributed by atoms with Gasteiger partial charge in [0, 0.05) is 31.5 Å². The highest BCUT2D eigenvalue weighted by Gasteiger charge is 2.21. The van der Waals surface area contributed by atoms with Crippen LogP contribution in [0, 0.1) is 0 Å². The number of methoxy groups -OCH3 is 1. The smallest absolute Gasteiger partial charge is 0.410 e. The summed E-state index contributed by atoms with van der Waals surface area (Å²) in [4.78, 5) is 18.2. The van der Waals surface area contributed by atoms with Crippen LogP contribution in [0.3, 0.4) is 0 Å². The van der Waals surface area contributed by atoms with Gasteiger partial charge in [-0.3, -0.25) is 4.99 Å². The number of hydrogen-bond donors (Lipinski definition) is 2. The van der Waals surface area contributed by atoms with Gasteiger partial charge in [0.05, 0.1) is 13.2 Å². The Kier molecular flexibility index (Phi) is 8.92. The monoisotopic (exact) mass is 364 g/mol. The van der Waals surface area contributed by atoms with E-state index in [1.54, 1.807) is 12.0 Å². The minimum Gasteiger partial charge on any atom is -0.444 e. The Balaban J connectivity index is 2.63. The number of benzene rings is 1. The largest absolute Gasteiger partial charge is 0.444 e. The van der Waals surface area contributed by atoms with Crippen molar-refractivity contribution in [2.24, 2.45) is 10.7 Å². The number of anilines is 1. The summed E-state index contributed by atoms with van der Waals surface area (Å²) in [5, 5.41) is 3.08. The maximum absolute atomic E-state index is 12.2. The zero-order valence-corrected chi connectivity index (χ0v) is 16.5. The van der Waals surface area contributed by atoms with Crippen LogP contribution >= 0.6 is 0 Å². The van der Waals surface area contributed by atoms with Crippen molar-refractivity contribution < 1.29 is 14.3 Å². The highest BCUT2D eigenvalue weighted by molar-refractivity contribution is 5.93. The third kappa shape index (κ3) is 8.20. The molecule has 0 aromatic heterocycles. The Hall–Kier alpha value is -2.28. The van der Waals surface area contributed by atoms with Gasteiger partial charge in [0.1, 0.15) is 5.60 Å². The molecule has 1 aromatic rings. The molecule has 0 heterocycles. The van der Waals surface area contributed by atoms with E-state index in [2.05, 4.69) is 10.3 Å². The number of amides is 1. The van der Waals surface area contributed by atoms with Crippen LogP contribution in [-0.2, 0) is 16.1 Å². The van der Waals surface area contributed by atoms with Gasteiger partial charge in [0.15, 0.2) is 5.96 Å². The summed E-state index contributed by atoms with van der Waals surface area (Å²) in [6.07, 6.45) is 0.521. The first-order valence-electron chi connectivity index (χ1n) is 8.88. The standard InChI is InChI=1S/C19H32N4O3/c1-6-12-23(18(24)26-19(2,3)4)13-11-21-17(20)22-16-10-8-7-9-15(16)14-25-5/h7-10H,6,11-14H2,1-5H3,(H3,20,21,22). The summed E-state index contributed by atoms with van der Waals surface area (Å²) < 4.78 is 10.6. The van der Waals surface area contributed by atoms with E-state index in [9.17, 15) is 4.79 Å². The van der Waals surface area contributed by atoms with Crippen LogP contribution in [0.15, 0.2) is 29.3 Å². The number of guanidine groups is 1. The molecule has 0 aliphatic carbocycles. The summed E-state index contributed by atoms with van der Waals surface area (Å²) in [5.74, 6) is 0.300. The molecule has 146 valence electrons. The zero-order chi connectivity index (χ0) is 19.6. The van der Waals surface area contributed by atoms with Gasteiger partial charge in [0.25, 0.3) is 0 Å². The second-order valence-corrected chi connectivity index (χ2v) is 6.95. The van der Waals surface area contributed by atoms with Gasteiger partial charge >= 0.3 is 6.09 Å². The van der Waals surface area contributed by atoms with E-state index in [0.29, 0.717) is 32.2 Å². The van der Waals surface area contributed by atoms with Crippen molar-refractivity contribution in [3.8, 4) is 0 Å². The van der Waals surface area contributed by atoms with Crippen LogP contribution in [0.2, 0.25) is 0 Å². The van der Waals surface area contributed by atoms with Crippen LogP contribution in [0.5, 0.6) is 0 Å². The Morgan fingerprint density at radius 2 is 1.96 bits per heavy atom. The lowest BCUT2D eigenvalue weighted by atomic mass is 10.2. The van der Waals surface area contributed by atoms with Gasteiger partial charge in [0.2, 0.25) is 0 Å². The molecule has 0 spiro atoms. The second kappa shape index (κ2) is 10.7. The average Bonchev–Trinajstić information content (AvgIpc) is 2.54. The lowest BCUT2D eigenvalue weighted by Crippen LogP contribution is -2.39. The van der Waals surface area contributed by atoms with E-state index in [-0.39, 0.29) is 6.09 Å². The number of rotatable bonds is 8. The van der Waals surface area contributed by atoms with Crippen LogP contribution in [0.25, 0.3) is 0 Å². The predicted molar refractivity (Wildman–Crippen MR) is 105 cm³/mol. The van der Waals surface area contributed by atoms with Gasteiger partial charge in [-0.1, -0.05) is 25.1 Å². The molecule has 0 aliphatic heterocycles. The van der Waals surface area contributed by atoms with E-state index in [0.717, 1.165) is 17.7 Å². The minimum atomic E-state index is -0.516. The summed E-state index contributed by atoms with van der Waals surface area (Å²) in [6.45, 7) is 9.53. The van der Waals surface area contributed by atoms with Crippen LogP contribution in [0.4, 0.5) is 10.5 Å². The second-order valence-electron chi connectivity index (χ2n) is 6.95. The molecule has 0 aliphatic rings. The topological polar surface area (TPSA) is 89.2 Å². The van der Waals surface area contributed by atoms with E-state index < -0.39 is 5.60 Å². The first-order valence-corrected chi connectivity index (χ1v) is 8.88. The Labute approximate surface area is 156 Å². The first-order chi connectivity index (χ1) is 12.3. The molecule has 3 N–H and O–H groups in total. The molecule has 1 aromatic carbocycles. The van der Waals surface area contributed by atoms with Crippen molar-refractivity contribution in [1.29, 1.82) is 0 Å². The summed E-state index contributed by atoms with van der Waals surface area (Å²) in [5.41, 5.74) is 7.31. The lowest BCUT2D eigenvalue weighted by Gasteiger charge is -2.26. The molecule has 0 unspecified atom stereocenters. The van der Waals surface area contributed by atoms with Gasteiger partial charge in [-0.2, -0.15) is 0 Å². The molecule has 1 amide bonds. The molecule has 26 heavy (non-hydrogen) atoms. The Morgan fingerprint density at radius 3 is 2.58 bits per heavy atom. The number of nitrogens with zero attached hydrogens (tertiary/aromatic N) is 2. The summed E-state index contributed by atoms with van der Waals surface area (Å²) >= 11 is 0. The maximum Gasteiger partial charge on any atom is 0.410 e. The first kappa shape index (κ1) is 21.8. The van der Waals surface area contributed by atoms with Crippen molar-refractivity contribution in [1.82, 2.24) is 4.90 Å². The molecule has 0 radical (unpaired) electrons. The molecule has 1 rings (SSSR count). The van der Waals surface area contributed by atoms with Crippen LogP contribution in [-0.4, -0.2) is 49.3 Å². The minimum absolute atomic E-state index is 0.300. The molecule has 0 saturated heterocycles. The summed E-state index contributed by atoms with van der Waals surface area (Å²) in [6, 6.07) is 7.74. The third-order valence-corrected chi connectivity index (χ3v) is 3.38. The van der Waals surface area contributed by atoms with Crippen molar-refractivity contribution in [2.45, 2.75) is 46.3 Å². The number of aliphatic imine (C=N–C) groups is 1. The van der Waals surface area contributed by atoms with Gasteiger partial charge in [-0.25, -0.2) is 4.79 Å². The van der Waals surface area contributed by atoms with Crippen molar-refractivity contribution in [2.75, 3.05) is 32.1 Å². The average molecular weight is 364 g/mol. The SMILES string of the molecule is CCCN(CCN=C(N)Nc1ccccc1COC)C(=O)OC(C)(C)C. The molecule has 0 atom stereocenters. The molecule has 0 fully saturated rings. The number of ether oxygens (including phenoxy) is 2. The number of nitrogens with one attached hydrogen (secondary N) is 1. The van der Waals surface area contributed by atoms with Crippen LogP contribution in [0.1, 0.15) is 39.7 Å². The van der Waals surface area contributed by atoms with Crippen molar-refractivity contribution >= 4 is 17.7 Å². The number of nitrogens with two attached hydrogens (primary N) is 1. The molecular weight excluding hydrogens is 332 g/mol. The highest BCUT2D eigenvalue weighted by Crippen LogP contribution is 2.15. The van der Waals surface area contributed by atoms with Crippen molar-refractivity contribution in [3.63, 3.8) is 0 Å². The van der Waals surface area contributed by atoms with Gasteiger partial charge in [-0.05, 0) is 33.3 Å². The van der Waals surface area contributed by atoms with E-state index in [1.807, 2.05) is 52.0 Å². The van der Waals surface area contributed by atoms with E-state index in [4.69, 9.17) is 15.2 Å². The van der Waals surface area contributed by atoms with E-state index in [1.165, 1.54) is 0 Å². The highest BCUT2D eigenvalue weighted by atomic mass is 16.6. The Morgan fingerprint density at radius 1 is 1.27 bits per heavy atom.